The lowest BCUT2D eigenvalue weighted by Crippen LogP contribution is -2.36. The van der Waals surface area contributed by atoms with Gasteiger partial charge in [0.25, 0.3) is 0 Å². The van der Waals surface area contributed by atoms with Crippen LogP contribution in [-0.2, 0) is 5.54 Å². The van der Waals surface area contributed by atoms with Gasteiger partial charge in [-0.25, -0.2) is 4.39 Å². The van der Waals surface area contributed by atoms with E-state index in [2.05, 4.69) is 16.0 Å². The molecule has 3 aromatic rings. The fourth-order valence-electron chi connectivity index (χ4n) is 2.18. The van der Waals surface area contributed by atoms with Crippen molar-refractivity contribution in [1.82, 2.24) is 9.97 Å². The molecule has 0 aliphatic carbocycles. The van der Waals surface area contributed by atoms with Crippen LogP contribution in [0.2, 0.25) is 0 Å². The first-order valence-corrected chi connectivity index (χ1v) is 6.31. The normalized spacial score (nSPS) is 13.6. The molecule has 4 nitrogen and oxygen atoms in total. The maximum absolute atomic E-state index is 13.0. The lowest BCUT2D eigenvalue weighted by Gasteiger charge is -2.22. The van der Waals surface area contributed by atoms with Gasteiger partial charge in [0.05, 0.1) is 17.1 Å². The van der Waals surface area contributed by atoms with Gasteiger partial charge in [0.15, 0.2) is 5.54 Å². The minimum Gasteiger partial charge on any atom is -0.306 e. The second-order valence-corrected chi connectivity index (χ2v) is 4.69. The van der Waals surface area contributed by atoms with Crippen LogP contribution in [0.25, 0.3) is 11.0 Å². The summed E-state index contributed by atoms with van der Waals surface area (Å²) in [6, 6.07) is 13.0. The van der Waals surface area contributed by atoms with E-state index >= 15 is 0 Å². The molecule has 0 saturated heterocycles. The average Bonchev–Trinajstić information content (AvgIpc) is 2.54. The molecule has 2 heterocycles. The third-order valence-electron chi connectivity index (χ3n) is 3.38. The number of nitrogens with zero attached hydrogens (tertiary/aromatic N) is 3. The van der Waals surface area contributed by atoms with Gasteiger partial charge in [0.2, 0.25) is 0 Å². The number of pyridine rings is 2. The van der Waals surface area contributed by atoms with Crippen LogP contribution in [0.5, 0.6) is 0 Å². The van der Waals surface area contributed by atoms with Crippen molar-refractivity contribution in [3.8, 4) is 6.07 Å². The molecule has 102 valence electrons. The molecule has 21 heavy (non-hydrogen) atoms. The molecule has 0 spiro atoms. The fourth-order valence-corrected chi connectivity index (χ4v) is 2.18. The Morgan fingerprint density at radius 3 is 2.52 bits per heavy atom. The van der Waals surface area contributed by atoms with Crippen molar-refractivity contribution in [2.45, 2.75) is 5.54 Å². The number of hydrogen-bond donors (Lipinski definition) is 1. The molecule has 1 unspecified atom stereocenters. The van der Waals surface area contributed by atoms with Crippen LogP contribution in [0.15, 0.2) is 54.9 Å². The Hall–Kier alpha value is -2.84. The Balaban J connectivity index is 2.17. The van der Waals surface area contributed by atoms with Gasteiger partial charge in [0.1, 0.15) is 5.82 Å². The summed E-state index contributed by atoms with van der Waals surface area (Å²) < 4.78 is 13.0. The molecular weight excluding hydrogens is 267 g/mol. The first-order valence-electron chi connectivity index (χ1n) is 6.31. The number of rotatable bonds is 2. The zero-order valence-corrected chi connectivity index (χ0v) is 11.0. The molecule has 5 heteroatoms. The zero-order chi connectivity index (χ0) is 14.9. The third-order valence-corrected chi connectivity index (χ3v) is 3.38. The predicted molar refractivity (Wildman–Crippen MR) is 76.5 cm³/mol. The minimum absolute atomic E-state index is 0.377. The summed E-state index contributed by atoms with van der Waals surface area (Å²) in [5.74, 6) is -0.377. The second-order valence-electron chi connectivity index (χ2n) is 4.69. The summed E-state index contributed by atoms with van der Waals surface area (Å²) in [5, 5.41) is 9.52. The Labute approximate surface area is 120 Å². The predicted octanol–water partition coefficient (Wildman–Crippen LogP) is 2.49. The maximum atomic E-state index is 13.0. The summed E-state index contributed by atoms with van der Waals surface area (Å²) in [6.07, 6.45) is 3.20. The number of halogens is 1. The van der Waals surface area contributed by atoms with E-state index in [1.165, 1.54) is 24.3 Å². The van der Waals surface area contributed by atoms with Gasteiger partial charge >= 0.3 is 0 Å². The van der Waals surface area contributed by atoms with Crippen molar-refractivity contribution in [2.24, 2.45) is 5.73 Å². The topological polar surface area (TPSA) is 75.6 Å². The molecule has 0 radical (unpaired) electrons. The highest BCUT2D eigenvalue weighted by Crippen LogP contribution is 2.27. The fraction of sp³-hybridized carbons (Fsp3) is 0.0625. The van der Waals surface area contributed by atoms with Crippen LogP contribution in [-0.4, -0.2) is 9.97 Å². The van der Waals surface area contributed by atoms with Crippen LogP contribution in [0, 0.1) is 17.1 Å². The van der Waals surface area contributed by atoms with Crippen molar-refractivity contribution in [2.75, 3.05) is 0 Å². The largest absolute Gasteiger partial charge is 0.306 e. The van der Waals surface area contributed by atoms with Crippen molar-refractivity contribution in [3.05, 3.63) is 71.8 Å². The van der Waals surface area contributed by atoms with Gasteiger partial charge in [-0.3, -0.25) is 9.97 Å². The minimum atomic E-state index is -1.40. The van der Waals surface area contributed by atoms with Crippen LogP contribution in [0.3, 0.4) is 0 Å². The number of hydrogen-bond acceptors (Lipinski definition) is 4. The van der Waals surface area contributed by atoms with Crippen LogP contribution >= 0.6 is 0 Å². The van der Waals surface area contributed by atoms with Gasteiger partial charge in [0, 0.05) is 18.0 Å². The number of nitrogens with two attached hydrogens (primary N) is 1. The van der Waals surface area contributed by atoms with E-state index in [0.717, 1.165) is 5.52 Å². The summed E-state index contributed by atoms with van der Waals surface area (Å²) in [4.78, 5) is 8.48. The first kappa shape index (κ1) is 13.2. The molecule has 0 aliphatic heterocycles. The molecule has 0 bridgehead atoms. The second kappa shape index (κ2) is 4.93. The van der Waals surface area contributed by atoms with Crippen molar-refractivity contribution >= 4 is 11.0 Å². The summed E-state index contributed by atoms with van der Waals surface area (Å²) >= 11 is 0. The first-order chi connectivity index (χ1) is 10.1. The highest BCUT2D eigenvalue weighted by Gasteiger charge is 2.30. The standard InChI is InChI=1S/C16H11FN4/c17-13-5-3-11(4-6-13)16(19,10-18)12-8-15-14(21-9-12)2-1-7-20-15/h1-9H,19H2. The van der Waals surface area contributed by atoms with Crippen molar-refractivity contribution in [1.29, 1.82) is 5.26 Å². The molecule has 2 N–H and O–H groups in total. The van der Waals surface area contributed by atoms with Crippen LogP contribution in [0.1, 0.15) is 11.1 Å². The van der Waals surface area contributed by atoms with Gasteiger partial charge in [-0.1, -0.05) is 12.1 Å². The lowest BCUT2D eigenvalue weighted by atomic mass is 9.86. The maximum Gasteiger partial charge on any atom is 0.157 e. The molecule has 1 aromatic carbocycles. The number of nitriles is 1. The van der Waals surface area contributed by atoms with E-state index in [0.29, 0.717) is 16.6 Å². The number of fused-ring (bicyclic) bond motifs is 1. The Bertz CT molecular complexity index is 839. The molecule has 1 atom stereocenters. The van der Waals surface area contributed by atoms with Gasteiger partial charge in [-0.2, -0.15) is 5.26 Å². The summed E-state index contributed by atoms with van der Waals surface area (Å²) in [7, 11) is 0. The van der Waals surface area contributed by atoms with Crippen molar-refractivity contribution < 1.29 is 4.39 Å². The molecule has 2 aromatic heterocycles. The Morgan fingerprint density at radius 1 is 1.05 bits per heavy atom. The summed E-state index contributed by atoms with van der Waals surface area (Å²) in [6.45, 7) is 0. The van der Waals surface area contributed by atoms with E-state index < -0.39 is 5.54 Å². The average molecular weight is 278 g/mol. The third kappa shape index (κ3) is 2.22. The van der Waals surface area contributed by atoms with Gasteiger partial charge in [-0.15, -0.1) is 0 Å². The Morgan fingerprint density at radius 2 is 1.81 bits per heavy atom. The highest BCUT2D eigenvalue weighted by molar-refractivity contribution is 5.74. The monoisotopic (exact) mass is 278 g/mol. The molecule has 0 amide bonds. The van der Waals surface area contributed by atoms with Gasteiger partial charge < -0.3 is 5.73 Å². The molecule has 0 saturated carbocycles. The van der Waals surface area contributed by atoms with Crippen molar-refractivity contribution in [3.63, 3.8) is 0 Å². The van der Waals surface area contributed by atoms with Crippen LogP contribution < -0.4 is 5.73 Å². The Kier molecular flexibility index (Phi) is 3.09. The SMILES string of the molecule is N#CC(N)(c1ccc(F)cc1)c1cnc2cccnc2c1. The molecule has 0 aliphatic rings. The van der Waals surface area contributed by atoms with Gasteiger partial charge in [-0.05, 0) is 35.9 Å². The summed E-state index contributed by atoms with van der Waals surface area (Å²) in [5.41, 5.74) is 7.23. The smallest absolute Gasteiger partial charge is 0.157 e. The van der Waals surface area contributed by atoms with Crippen LogP contribution in [0.4, 0.5) is 4.39 Å². The van der Waals surface area contributed by atoms with E-state index in [1.54, 1.807) is 24.5 Å². The van der Waals surface area contributed by atoms with E-state index in [-0.39, 0.29) is 5.82 Å². The zero-order valence-electron chi connectivity index (χ0n) is 11.0. The number of benzene rings is 1. The molecular formula is C16H11FN4. The van der Waals surface area contributed by atoms with E-state index in [4.69, 9.17) is 5.73 Å². The van der Waals surface area contributed by atoms with E-state index in [1.807, 2.05) is 6.07 Å². The molecule has 3 rings (SSSR count). The highest BCUT2D eigenvalue weighted by atomic mass is 19.1. The number of aromatic nitrogens is 2. The quantitative estimate of drug-likeness (QED) is 0.781. The molecule has 0 fully saturated rings. The lowest BCUT2D eigenvalue weighted by molar-refractivity contribution is 0.622. The van der Waals surface area contributed by atoms with E-state index in [9.17, 15) is 9.65 Å².